The van der Waals surface area contributed by atoms with Gasteiger partial charge in [0.1, 0.15) is 0 Å². The Labute approximate surface area is 144 Å². The van der Waals surface area contributed by atoms with Crippen molar-refractivity contribution in [3.63, 3.8) is 0 Å². The summed E-state index contributed by atoms with van der Waals surface area (Å²) in [6.07, 6.45) is 0.984. The summed E-state index contributed by atoms with van der Waals surface area (Å²) in [5, 5.41) is 0. The molecule has 1 saturated heterocycles. The van der Waals surface area contributed by atoms with Gasteiger partial charge in [-0.3, -0.25) is 9.69 Å². The lowest BCUT2D eigenvalue weighted by molar-refractivity contribution is -0.148. The predicted octanol–water partition coefficient (Wildman–Crippen LogP) is 3.77. The molecule has 0 N–H and O–H groups in total. The third-order valence-electron chi connectivity index (χ3n) is 5.04. The largest absolute Gasteiger partial charge is 0.469 e. The SMILES string of the molecule is COC(=O)C1CN(Cc2ccccc2)CCC1c1ccccc1C. The van der Waals surface area contributed by atoms with Gasteiger partial charge in [-0.05, 0) is 42.5 Å². The average molecular weight is 323 g/mol. The summed E-state index contributed by atoms with van der Waals surface area (Å²) in [6, 6.07) is 18.8. The molecule has 126 valence electrons. The lowest BCUT2D eigenvalue weighted by Gasteiger charge is -2.38. The van der Waals surface area contributed by atoms with E-state index in [9.17, 15) is 4.79 Å². The number of hydrogen-bond donors (Lipinski definition) is 0. The van der Waals surface area contributed by atoms with Crippen LogP contribution in [0.2, 0.25) is 0 Å². The number of ether oxygens (including phenoxy) is 1. The number of piperidine rings is 1. The van der Waals surface area contributed by atoms with E-state index in [4.69, 9.17) is 4.74 Å². The highest BCUT2D eigenvalue weighted by molar-refractivity contribution is 5.74. The van der Waals surface area contributed by atoms with Crippen molar-refractivity contribution >= 4 is 5.97 Å². The highest BCUT2D eigenvalue weighted by Crippen LogP contribution is 2.35. The van der Waals surface area contributed by atoms with Gasteiger partial charge >= 0.3 is 5.97 Å². The highest BCUT2D eigenvalue weighted by atomic mass is 16.5. The summed E-state index contributed by atoms with van der Waals surface area (Å²) < 4.78 is 5.11. The molecule has 0 amide bonds. The van der Waals surface area contributed by atoms with Crippen molar-refractivity contribution in [3.8, 4) is 0 Å². The van der Waals surface area contributed by atoms with Crippen molar-refractivity contribution in [2.75, 3.05) is 20.2 Å². The molecule has 2 atom stereocenters. The number of carbonyl (C=O) groups excluding carboxylic acids is 1. The van der Waals surface area contributed by atoms with E-state index < -0.39 is 0 Å². The summed E-state index contributed by atoms with van der Waals surface area (Å²) in [6.45, 7) is 4.76. The van der Waals surface area contributed by atoms with Crippen LogP contribution in [-0.2, 0) is 16.1 Å². The molecule has 2 aromatic rings. The molecular weight excluding hydrogens is 298 g/mol. The smallest absolute Gasteiger partial charge is 0.310 e. The van der Waals surface area contributed by atoms with Gasteiger partial charge in [0, 0.05) is 13.1 Å². The Morgan fingerprint density at radius 3 is 2.54 bits per heavy atom. The number of aryl methyl sites for hydroxylation is 1. The van der Waals surface area contributed by atoms with E-state index >= 15 is 0 Å². The second-order valence-corrected chi connectivity index (χ2v) is 6.60. The lowest BCUT2D eigenvalue weighted by atomic mass is 9.78. The van der Waals surface area contributed by atoms with Crippen LogP contribution in [0.15, 0.2) is 54.6 Å². The summed E-state index contributed by atoms with van der Waals surface area (Å²) in [5.74, 6) is 0.0419. The van der Waals surface area contributed by atoms with Gasteiger partial charge in [-0.1, -0.05) is 54.6 Å². The van der Waals surface area contributed by atoms with Crippen LogP contribution < -0.4 is 0 Å². The van der Waals surface area contributed by atoms with E-state index in [0.29, 0.717) is 0 Å². The summed E-state index contributed by atoms with van der Waals surface area (Å²) in [7, 11) is 1.49. The topological polar surface area (TPSA) is 29.5 Å². The zero-order valence-corrected chi connectivity index (χ0v) is 14.4. The molecule has 1 fully saturated rings. The number of benzene rings is 2. The molecule has 0 aromatic heterocycles. The number of nitrogens with zero attached hydrogens (tertiary/aromatic N) is 1. The quantitative estimate of drug-likeness (QED) is 0.802. The van der Waals surface area contributed by atoms with Crippen molar-refractivity contribution in [2.45, 2.75) is 25.8 Å². The Morgan fingerprint density at radius 1 is 1.12 bits per heavy atom. The van der Waals surface area contributed by atoms with Crippen LogP contribution in [-0.4, -0.2) is 31.1 Å². The summed E-state index contributed by atoms with van der Waals surface area (Å²) in [4.78, 5) is 14.8. The van der Waals surface area contributed by atoms with E-state index in [1.807, 2.05) is 6.07 Å². The Bertz CT molecular complexity index is 683. The molecule has 0 aliphatic carbocycles. The first-order valence-electron chi connectivity index (χ1n) is 8.58. The number of hydrogen-bond acceptors (Lipinski definition) is 3. The maximum atomic E-state index is 12.4. The van der Waals surface area contributed by atoms with Crippen LogP contribution in [0.3, 0.4) is 0 Å². The Morgan fingerprint density at radius 2 is 1.83 bits per heavy atom. The monoisotopic (exact) mass is 323 g/mol. The highest BCUT2D eigenvalue weighted by Gasteiger charge is 2.36. The van der Waals surface area contributed by atoms with E-state index in [2.05, 4.69) is 60.4 Å². The molecule has 0 saturated carbocycles. The molecule has 1 aliphatic heterocycles. The van der Waals surface area contributed by atoms with E-state index in [0.717, 1.165) is 26.1 Å². The maximum Gasteiger partial charge on any atom is 0.310 e. The summed E-state index contributed by atoms with van der Waals surface area (Å²) >= 11 is 0. The molecule has 3 nitrogen and oxygen atoms in total. The standard InChI is InChI=1S/C21H25NO2/c1-16-8-6-7-11-18(16)19-12-13-22(15-20(19)21(23)24-2)14-17-9-4-3-5-10-17/h3-11,19-20H,12-15H2,1-2H3. The van der Waals surface area contributed by atoms with Gasteiger partial charge in [0.15, 0.2) is 0 Å². The first-order valence-corrected chi connectivity index (χ1v) is 8.58. The van der Waals surface area contributed by atoms with Gasteiger partial charge in [-0.15, -0.1) is 0 Å². The molecular formula is C21H25NO2. The molecule has 0 spiro atoms. The average Bonchev–Trinajstić information content (AvgIpc) is 2.62. The van der Waals surface area contributed by atoms with Gasteiger partial charge in [0.25, 0.3) is 0 Å². The van der Waals surface area contributed by atoms with Crippen molar-refractivity contribution in [1.82, 2.24) is 4.90 Å². The molecule has 3 heteroatoms. The second-order valence-electron chi connectivity index (χ2n) is 6.60. The molecule has 24 heavy (non-hydrogen) atoms. The normalized spacial score (nSPS) is 21.4. The van der Waals surface area contributed by atoms with Crippen molar-refractivity contribution in [1.29, 1.82) is 0 Å². The van der Waals surface area contributed by atoms with Gasteiger partial charge in [0.05, 0.1) is 13.0 Å². The Hall–Kier alpha value is -2.13. The molecule has 0 radical (unpaired) electrons. The Kier molecular flexibility index (Phi) is 5.31. The zero-order valence-electron chi connectivity index (χ0n) is 14.4. The number of carbonyl (C=O) groups is 1. The predicted molar refractivity (Wildman–Crippen MR) is 95.8 cm³/mol. The van der Waals surface area contributed by atoms with Gasteiger partial charge < -0.3 is 4.74 Å². The van der Waals surface area contributed by atoms with Crippen LogP contribution in [0.25, 0.3) is 0 Å². The molecule has 0 bridgehead atoms. The summed E-state index contributed by atoms with van der Waals surface area (Å²) in [5.41, 5.74) is 3.83. The fourth-order valence-electron chi connectivity index (χ4n) is 3.77. The zero-order chi connectivity index (χ0) is 16.9. The maximum absolute atomic E-state index is 12.4. The van der Waals surface area contributed by atoms with E-state index in [1.165, 1.54) is 23.8 Å². The fourth-order valence-corrected chi connectivity index (χ4v) is 3.77. The number of likely N-dealkylation sites (tertiary alicyclic amines) is 1. The third kappa shape index (κ3) is 3.68. The first kappa shape index (κ1) is 16.7. The molecule has 3 rings (SSSR count). The molecule has 1 heterocycles. The Balaban J connectivity index is 1.78. The van der Waals surface area contributed by atoms with Gasteiger partial charge in [0.2, 0.25) is 0 Å². The minimum atomic E-state index is -0.103. The first-order chi connectivity index (χ1) is 11.7. The number of esters is 1. The van der Waals surface area contributed by atoms with Crippen LogP contribution in [0.5, 0.6) is 0 Å². The molecule has 2 aromatic carbocycles. The van der Waals surface area contributed by atoms with E-state index in [-0.39, 0.29) is 17.8 Å². The minimum Gasteiger partial charge on any atom is -0.469 e. The van der Waals surface area contributed by atoms with Crippen molar-refractivity contribution in [3.05, 3.63) is 71.3 Å². The molecule has 2 unspecified atom stereocenters. The van der Waals surface area contributed by atoms with Gasteiger partial charge in [-0.2, -0.15) is 0 Å². The lowest BCUT2D eigenvalue weighted by Crippen LogP contribution is -2.43. The minimum absolute atomic E-state index is 0.0963. The number of methoxy groups -OCH3 is 1. The molecule has 1 aliphatic rings. The van der Waals surface area contributed by atoms with Crippen LogP contribution in [0, 0.1) is 12.8 Å². The number of rotatable bonds is 4. The fraction of sp³-hybridized carbons (Fsp3) is 0.381. The van der Waals surface area contributed by atoms with E-state index in [1.54, 1.807) is 0 Å². The van der Waals surface area contributed by atoms with Crippen LogP contribution in [0.1, 0.15) is 29.0 Å². The third-order valence-corrected chi connectivity index (χ3v) is 5.04. The van der Waals surface area contributed by atoms with Crippen LogP contribution >= 0.6 is 0 Å². The second kappa shape index (κ2) is 7.63. The van der Waals surface area contributed by atoms with Crippen molar-refractivity contribution < 1.29 is 9.53 Å². The van der Waals surface area contributed by atoms with Gasteiger partial charge in [-0.25, -0.2) is 0 Å². The van der Waals surface area contributed by atoms with Crippen molar-refractivity contribution in [2.24, 2.45) is 5.92 Å². The van der Waals surface area contributed by atoms with Crippen LogP contribution in [0.4, 0.5) is 0 Å².